The van der Waals surface area contributed by atoms with Crippen molar-refractivity contribution < 1.29 is 16.5 Å². The van der Waals surface area contributed by atoms with Gasteiger partial charge in [0.2, 0.25) is 0 Å². The van der Waals surface area contributed by atoms with Crippen LogP contribution in [0.15, 0.2) is 78.9 Å². The van der Waals surface area contributed by atoms with Crippen molar-refractivity contribution in [2.75, 3.05) is 0 Å². The summed E-state index contributed by atoms with van der Waals surface area (Å²) < 4.78 is 40.0. The maximum absolute atomic E-state index is 13.2. The van der Waals surface area contributed by atoms with Gasteiger partial charge in [-0.3, -0.25) is 0 Å². The third-order valence-electron chi connectivity index (χ3n) is 3.57. The number of hydrogen-bond acceptors (Lipinski definition) is 3. The van der Waals surface area contributed by atoms with Gasteiger partial charge >= 0.3 is 10.5 Å². The fraction of sp³-hybridized carbons (Fsp3) is 0.0526. The van der Waals surface area contributed by atoms with E-state index in [1.807, 2.05) is 72.8 Å². The van der Waals surface area contributed by atoms with Crippen molar-refractivity contribution in [2.45, 2.75) is 6.92 Å². The molecule has 3 nitrogen and oxygen atoms in total. The molecule has 0 aliphatic heterocycles. The van der Waals surface area contributed by atoms with Gasteiger partial charge < -0.3 is 4.18 Å². The number of benzene rings is 3. The van der Waals surface area contributed by atoms with Crippen LogP contribution in [0.1, 0.15) is 5.56 Å². The van der Waals surface area contributed by atoms with Crippen molar-refractivity contribution in [3.8, 4) is 5.75 Å². The molecule has 6 heteroatoms. The highest BCUT2D eigenvalue weighted by molar-refractivity contribution is 7.82. The first-order chi connectivity index (χ1) is 11.9. The summed E-state index contributed by atoms with van der Waals surface area (Å²) in [5, 5.41) is 2.70. The molecule has 0 bridgehead atoms. The highest BCUT2D eigenvalue weighted by Crippen LogP contribution is 2.37. The topological polar surface area (TPSA) is 43.4 Å². The second kappa shape index (κ2) is 7.34. The average molecular weight is 374 g/mol. The molecule has 0 spiro atoms. The van der Waals surface area contributed by atoms with E-state index >= 15 is 0 Å². The molecule has 0 aliphatic carbocycles. The Hall–Kier alpha value is -2.23. The minimum Gasteiger partial charge on any atom is -0.358 e. The number of hydrogen-bond donors (Lipinski definition) is 0. The van der Waals surface area contributed by atoms with E-state index in [-0.39, 0.29) is 5.75 Å². The smallest absolute Gasteiger partial charge is 0.358 e. The summed E-state index contributed by atoms with van der Waals surface area (Å²) in [6.07, 6.45) is 0. The lowest BCUT2D eigenvalue weighted by Gasteiger charge is -2.21. The molecule has 0 aromatic heterocycles. The van der Waals surface area contributed by atoms with Crippen LogP contribution in [0, 0.1) is 6.92 Å². The number of rotatable bonds is 5. The van der Waals surface area contributed by atoms with Gasteiger partial charge in [0.15, 0.2) is 5.75 Å². The molecular formula is C19H16FO3PS. The van der Waals surface area contributed by atoms with E-state index < -0.39 is 18.4 Å². The first-order valence-corrected chi connectivity index (χ1v) is 10.2. The Balaban J connectivity index is 2.21. The molecule has 0 N–H and O–H groups in total. The molecule has 0 heterocycles. The Morgan fingerprint density at radius 3 is 1.84 bits per heavy atom. The molecule has 0 saturated carbocycles. The molecule has 0 radical (unpaired) electrons. The summed E-state index contributed by atoms with van der Waals surface area (Å²) in [5.74, 6) is 0.0290. The first-order valence-electron chi connectivity index (χ1n) is 7.59. The van der Waals surface area contributed by atoms with Crippen LogP contribution >= 0.6 is 7.92 Å². The Morgan fingerprint density at radius 2 is 1.36 bits per heavy atom. The van der Waals surface area contributed by atoms with Crippen LogP contribution in [0.25, 0.3) is 0 Å². The largest absolute Gasteiger partial charge is 0.488 e. The third-order valence-corrected chi connectivity index (χ3v) is 6.43. The lowest BCUT2D eigenvalue weighted by atomic mass is 10.2. The van der Waals surface area contributed by atoms with E-state index in [9.17, 15) is 12.3 Å². The van der Waals surface area contributed by atoms with Crippen LogP contribution in [0.4, 0.5) is 3.89 Å². The Bertz CT molecular complexity index is 921. The van der Waals surface area contributed by atoms with Crippen molar-refractivity contribution in [1.82, 2.24) is 0 Å². The molecule has 3 aromatic carbocycles. The fourth-order valence-electron chi connectivity index (χ4n) is 2.56. The van der Waals surface area contributed by atoms with Gasteiger partial charge in [0.1, 0.15) is 0 Å². The molecule has 0 fully saturated rings. The predicted molar refractivity (Wildman–Crippen MR) is 101 cm³/mol. The zero-order chi connectivity index (χ0) is 17.9. The number of halogens is 1. The van der Waals surface area contributed by atoms with Crippen LogP contribution in [-0.4, -0.2) is 8.42 Å². The SMILES string of the molecule is Cc1ccc(P(c2ccccc2)c2ccccc2)c(OS(=O)(=O)F)c1. The van der Waals surface area contributed by atoms with Crippen molar-refractivity contribution >= 4 is 34.3 Å². The molecular weight excluding hydrogens is 358 g/mol. The Morgan fingerprint density at radius 1 is 0.840 bits per heavy atom. The molecule has 25 heavy (non-hydrogen) atoms. The second-order valence-corrected chi connectivity index (χ2v) is 8.59. The zero-order valence-electron chi connectivity index (χ0n) is 13.5. The normalized spacial score (nSPS) is 11.5. The van der Waals surface area contributed by atoms with E-state index in [0.29, 0.717) is 5.30 Å². The summed E-state index contributed by atoms with van der Waals surface area (Å²) >= 11 is 0. The van der Waals surface area contributed by atoms with Crippen molar-refractivity contribution in [1.29, 1.82) is 0 Å². The lowest BCUT2D eigenvalue weighted by Crippen LogP contribution is -2.23. The van der Waals surface area contributed by atoms with Gasteiger partial charge in [-0.25, -0.2) is 0 Å². The van der Waals surface area contributed by atoms with Crippen LogP contribution in [-0.2, 0) is 10.5 Å². The van der Waals surface area contributed by atoms with Gasteiger partial charge in [0.25, 0.3) is 0 Å². The monoisotopic (exact) mass is 374 g/mol. The lowest BCUT2D eigenvalue weighted by molar-refractivity contribution is 0.441. The van der Waals surface area contributed by atoms with Crippen molar-refractivity contribution in [3.63, 3.8) is 0 Å². The van der Waals surface area contributed by atoms with E-state index in [4.69, 9.17) is 0 Å². The molecule has 0 aliphatic rings. The second-order valence-electron chi connectivity index (χ2n) is 5.45. The van der Waals surface area contributed by atoms with E-state index in [1.54, 1.807) is 13.0 Å². The standard InChI is InChI=1S/C19H16FO3PS/c1-15-12-13-19(18(14-15)23-25(20,21)22)24(16-8-4-2-5-9-16)17-10-6-3-7-11-17/h2-14H,1H3. The molecule has 0 saturated heterocycles. The zero-order valence-corrected chi connectivity index (χ0v) is 15.2. The Kier molecular flexibility index (Phi) is 5.16. The van der Waals surface area contributed by atoms with Crippen LogP contribution in [0.5, 0.6) is 5.75 Å². The van der Waals surface area contributed by atoms with E-state index in [1.165, 1.54) is 0 Å². The molecule has 0 amide bonds. The first kappa shape index (κ1) is 17.6. The molecule has 3 aromatic rings. The average Bonchev–Trinajstić information content (AvgIpc) is 2.58. The van der Waals surface area contributed by atoms with Gasteiger partial charge in [0, 0.05) is 5.30 Å². The quantitative estimate of drug-likeness (QED) is 0.508. The molecule has 128 valence electrons. The highest BCUT2D eigenvalue weighted by atomic mass is 32.3. The van der Waals surface area contributed by atoms with Gasteiger partial charge in [0.05, 0.1) is 0 Å². The number of aryl methyl sites for hydroxylation is 1. The van der Waals surface area contributed by atoms with Crippen LogP contribution in [0.2, 0.25) is 0 Å². The Labute approximate surface area is 148 Å². The van der Waals surface area contributed by atoms with E-state index in [2.05, 4.69) is 4.18 Å². The summed E-state index contributed by atoms with van der Waals surface area (Å²) in [5.41, 5.74) is 0.790. The minimum atomic E-state index is -5.10. The van der Waals surface area contributed by atoms with Gasteiger partial charge in [-0.1, -0.05) is 70.6 Å². The highest BCUT2D eigenvalue weighted by Gasteiger charge is 2.23. The molecule has 3 rings (SSSR count). The van der Waals surface area contributed by atoms with Crippen molar-refractivity contribution in [2.24, 2.45) is 0 Å². The molecule has 0 unspecified atom stereocenters. The summed E-state index contributed by atoms with van der Waals surface area (Å²) in [6.45, 7) is 1.80. The predicted octanol–water partition coefficient (Wildman–Crippen LogP) is 3.35. The summed E-state index contributed by atoms with van der Waals surface area (Å²) in [4.78, 5) is 0. The third kappa shape index (κ3) is 4.44. The van der Waals surface area contributed by atoms with Gasteiger partial charge in [-0.05, 0) is 43.2 Å². The van der Waals surface area contributed by atoms with Gasteiger partial charge in [-0.15, -0.1) is 0 Å². The van der Waals surface area contributed by atoms with Crippen LogP contribution in [0.3, 0.4) is 0 Å². The molecule has 0 atom stereocenters. The van der Waals surface area contributed by atoms with Crippen molar-refractivity contribution in [3.05, 3.63) is 84.4 Å². The summed E-state index contributed by atoms with van der Waals surface area (Å²) in [6, 6.07) is 24.7. The van der Waals surface area contributed by atoms with E-state index in [0.717, 1.165) is 16.2 Å². The minimum absolute atomic E-state index is 0.0290. The fourth-order valence-corrected chi connectivity index (χ4v) is 5.32. The maximum atomic E-state index is 13.2. The van der Waals surface area contributed by atoms with Crippen LogP contribution < -0.4 is 20.1 Å². The van der Waals surface area contributed by atoms with Gasteiger partial charge in [-0.2, -0.15) is 8.42 Å². The maximum Gasteiger partial charge on any atom is 0.488 e. The summed E-state index contributed by atoms with van der Waals surface area (Å²) in [7, 11) is -6.19.